The van der Waals surface area contributed by atoms with Crippen LogP contribution in [0.4, 0.5) is 14.6 Å². The van der Waals surface area contributed by atoms with Crippen LogP contribution in [0.1, 0.15) is 19.4 Å². The van der Waals surface area contributed by atoms with Gasteiger partial charge in [0.2, 0.25) is 0 Å². The molecule has 0 spiro atoms. The van der Waals surface area contributed by atoms with Gasteiger partial charge in [-0.3, -0.25) is 4.99 Å². The van der Waals surface area contributed by atoms with Crippen molar-refractivity contribution in [3.63, 3.8) is 0 Å². The number of halogens is 3. The van der Waals surface area contributed by atoms with Crippen molar-refractivity contribution in [3.8, 4) is 0 Å². The van der Waals surface area contributed by atoms with Crippen molar-refractivity contribution in [3.05, 3.63) is 64.8 Å². The Morgan fingerprint density at radius 2 is 1.83 bits per heavy atom. The lowest BCUT2D eigenvalue weighted by Gasteiger charge is -2.27. The lowest BCUT2D eigenvalue weighted by Crippen LogP contribution is -2.37. The topological polar surface area (TPSA) is 56.6 Å². The van der Waals surface area contributed by atoms with E-state index in [1.807, 2.05) is 43.8 Å². The van der Waals surface area contributed by atoms with Crippen LogP contribution in [0.3, 0.4) is 0 Å². The van der Waals surface area contributed by atoms with Crippen LogP contribution in [0.25, 0.3) is 5.70 Å². The molecule has 0 N–H and O–H groups in total. The molecule has 2 heterocycles. The molecule has 1 aromatic heterocycles. The molecule has 0 bridgehead atoms. The number of likely N-dealkylation sites (N-methyl/N-ethyl adjacent to an activating group) is 3. The highest BCUT2D eigenvalue weighted by molar-refractivity contribution is 6.32. The highest BCUT2D eigenvalue weighted by Crippen LogP contribution is 2.23. The van der Waals surface area contributed by atoms with Crippen LogP contribution < -0.4 is 4.90 Å². The number of pyridine rings is 1. The lowest BCUT2D eigenvalue weighted by atomic mass is 10.1. The van der Waals surface area contributed by atoms with E-state index in [-0.39, 0.29) is 0 Å². The normalized spacial score (nSPS) is 13.5. The summed E-state index contributed by atoms with van der Waals surface area (Å²) >= 11 is 6.35. The van der Waals surface area contributed by atoms with Crippen molar-refractivity contribution in [2.24, 2.45) is 9.98 Å². The third-order valence-corrected chi connectivity index (χ3v) is 6.14. The first-order chi connectivity index (χ1) is 17.3. The molecule has 0 radical (unpaired) electrons. The predicted octanol–water partition coefficient (Wildman–Crippen LogP) is 4.59. The number of amidine groups is 2. The second kappa shape index (κ2) is 13.3. The van der Waals surface area contributed by atoms with E-state index in [2.05, 4.69) is 9.88 Å². The van der Waals surface area contributed by atoms with Crippen molar-refractivity contribution < 1.29 is 13.5 Å². The van der Waals surface area contributed by atoms with E-state index < -0.39 is 11.6 Å². The average Bonchev–Trinajstić information content (AvgIpc) is 3.10. The highest BCUT2D eigenvalue weighted by Gasteiger charge is 2.18. The summed E-state index contributed by atoms with van der Waals surface area (Å²) in [5.41, 5.74) is 0.985. The van der Waals surface area contributed by atoms with Gasteiger partial charge in [0.05, 0.1) is 23.9 Å². The van der Waals surface area contributed by atoms with Crippen molar-refractivity contribution in [1.82, 2.24) is 14.8 Å². The van der Waals surface area contributed by atoms with Crippen molar-refractivity contribution in [2.45, 2.75) is 13.8 Å². The van der Waals surface area contributed by atoms with Crippen LogP contribution >= 0.6 is 11.6 Å². The van der Waals surface area contributed by atoms with Crippen LogP contribution in [-0.2, 0) is 4.74 Å². The molecule has 36 heavy (non-hydrogen) atoms. The summed E-state index contributed by atoms with van der Waals surface area (Å²) in [6.45, 7) is 8.20. The minimum absolute atomic E-state index is 0.343. The molecule has 0 atom stereocenters. The number of nitrogens with zero attached hydrogens (tertiary/aromatic N) is 6. The van der Waals surface area contributed by atoms with E-state index in [9.17, 15) is 8.78 Å². The largest absolute Gasteiger partial charge is 0.380 e. The van der Waals surface area contributed by atoms with Gasteiger partial charge in [0.15, 0.2) is 11.6 Å². The molecule has 7 nitrogen and oxygen atoms in total. The Hall–Kier alpha value is -3.04. The first-order valence-electron chi connectivity index (χ1n) is 12.0. The van der Waals surface area contributed by atoms with Crippen LogP contribution in [-0.4, -0.2) is 86.5 Å². The maximum Gasteiger partial charge on any atom is 0.159 e. The van der Waals surface area contributed by atoms with E-state index in [4.69, 9.17) is 26.3 Å². The molecule has 0 fully saturated rings. The van der Waals surface area contributed by atoms with Gasteiger partial charge in [-0.2, -0.15) is 0 Å². The van der Waals surface area contributed by atoms with Gasteiger partial charge in [-0.25, -0.2) is 18.8 Å². The fraction of sp³-hybridized carbons (Fsp3) is 0.423. The Morgan fingerprint density at radius 1 is 1.03 bits per heavy atom. The number of hydrogen-bond acceptors (Lipinski definition) is 7. The van der Waals surface area contributed by atoms with Gasteiger partial charge in [-0.05, 0) is 44.2 Å². The maximum absolute atomic E-state index is 14.1. The van der Waals surface area contributed by atoms with E-state index in [0.29, 0.717) is 67.3 Å². The third-order valence-electron chi connectivity index (χ3n) is 5.85. The number of aromatic nitrogens is 1. The standard InChI is InChI=1S/C26H33ClF2N6O/c1-5-35(26-20(27)8-7-11-30-26)13-12-33(3)24-17-23(19-9-10-21(28)22(29)16-19)32-25(18-31-24)34(4)14-15-36-6-2/h7-11,16-17H,5-6,12-15,18H2,1-4H3. The van der Waals surface area contributed by atoms with Crippen LogP contribution in [0.15, 0.2) is 52.6 Å². The molecule has 0 amide bonds. The van der Waals surface area contributed by atoms with Crippen molar-refractivity contribution in [2.75, 3.05) is 64.9 Å². The Bertz CT molecular complexity index is 1120. The van der Waals surface area contributed by atoms with Gasteiger partial charge in [0, 0.05) is 64.7 Å². The molecule has 10 heteroatoms. The molecular formula is C26H33ClF2N6O. The number of benzene rings is 1. The van der Waals surface area contributed by atoms with Gasteiger partial charge >= 0.3 is 0 Å². The minimum atomic E-state index is -0.920. The van der Waals surface area contributed by atoms with Gasteiger partial charge in [-0.1, -0.05) is 11.6 Å². The summed E-state index contributed by atoms with van der Waals surface area (Å²) in [5.74, 6) is 0.318. The zero-order chi connectivity index (χ0) is 26.1. The first-order valence-corrected chi connectivity index (χ1v) is 12.4. The number of anilines is 1. The van der Waals surface area contributed by atoms with Gasteiger partial charge in [-0.15, -0.1) is 0 Å². The van der Waals surface area contributed by atoms with Crippen LogP contribution in [0, 0.1) is 11.6 Å². The number of hydrogen-bond donors (Lipinski definition) is 0. The smallest absolute Gasteiger partial charge is 0.159 e. The third kappa shape index (κ3) is 7.24. The zero-order valence-electron chi connectivity index (χ0n) is 21.2. The molecule has 1 aromatic carbocycles. The van der Waals surface area contributed by atoms with Crippen molar-refractivity contribution >= 4 is 34.8 Å². The maximum atomic E-state index is 14.1. The highest BCUT2D eigenvalue weighted by atomic mass is 35.5. The second-order valence-electron chi connectivity index (χ2n) is 8.29. The zero-order valence-corrected chi connectivity index (χ0v) is 22.0. The van der Waals surface area contributed by atoms with Gasteiger partial charge in [0.1, 0.15) is 17.5 Å². The molecule has 1 aliphatic rings. The molecule has 0 saturated heterocycles. The summed E-state index contributed by atoms with van der Waals surface area (Å²) in [7, 11) is 3.86. The number of rotatable bonds is 10. The Labute approximate surface area is 216 Å². The lowest BCUT2D eigenvalue weighted by molar-refractivity contribution is 0.136. The monoisotopic (exact) mass is 518 g/mol. The Kier molecular flexibility index (Phi) is 10.2. The average molecular weight is 519 g/mol. The molecule has 3 rings (SSSR count). The molecule has 2 aromatic rings. The fourth-order valence-electron chi connectivity index (χ4n) is 3.65. The summed E-state index contributed by atoms with van der Waals surface area (Å²) in [4.78, 5) is 20.1. The summed E-state index contributed by atoms with van der Waals surface area (Å²) in [5, 5.41) is 0.600. The molecule has 0 saturated carbocycles. The predicted molar refractivity (Wildman–Crippen MR) is 143 cm³/mol. The molecule has 194 valence electrons. The molecule has 0 unspecified atom stereocenters. The van der Waals surface area contributed by atoms with E-state index in [1.54, 1.807) is 18.3 Å². The van der Waals surface area contributed by atoms with E-state index in [0.717, 1.165) is 24.5 Å². The SMILES string of the molecule is CCOCCN(C)C1=NC(c2ccc(F)c(F)c2)=CC(N(C)CCN(CC)c2ncccc2Cl)=NC1. The molecule has 0 aliphatic carbocycles. The Balaban J connectivity index is 1.83. The summed E-state index contributed by atoms with van der Waals surface area (Å²) < 4.78 is 33.1. The van der Waals surface area contributed by atoms with Crippen molar-refractivity contribution in [1.29, 1.82) is 0 Å². The van der Waals surface area contributed by atoms with Crippen LogP contribution in [0.2, 0.25) is 5.02 Å². The van der Waals surface area contributed by atoms with Gasteiger partial charge in [0.25, 0.3) is 0 Å². The first kappa shape index (κ1) is 27.5. The summed E-state index contributed by atoms with van der Waals surface area (Å²) in [6, 6.07) is 7.42. The fourth-order valence-corrected chi connectivity index (χ4v) is 3.89. The molecule has 1 aliphatic heterocycles. The minimum Gasteiger partial charge on any atom is -0.380 e. The van der Waals surface area contributed by atoms with E-state index in [1.165, 1.54) is 6.07 Å². The molecular weight excluding hydrogens is 486 g/mol. The summed E-state index contributed by atoms with van der Waals surface area (Å²) in [6.07, 6.45) is 3.53. The van der Waals surface area contributed by atoms with Gasteiger partial charge < -0.3 is 19.4 Å². The van der Waals surface area contributed by atoms with E-state index >= 15 is 0 Å². The Morgan fingerprint density at radius 3 is 2.53 bits per heavy atom. The van der Waals surface area contributed by atoms with Crippen LogP contribution in [0.5, 0.6) is 0 Å². The number of aliphatic imine (C=N–C) groups is 2. The number of ether oxygens (including phenoxy) is 1. The second-order valence-corrected chi connectivity index (χ2v) is 8.70. The quantitative estimate of drug-likeness (QED) is 0.431.